The molecule has 7 nitrogen and oxygen atoms in total. The number of benzene rings is 2. The molecule has 1 aromatic heterocycles. The lowest BCUT2D eigenvalue weighted by Gasteiger charge is -2.10. The van der Waals surface area contributed by atoms with E-state index in [1.54, 1.807) is 30.3 Å². The highest BCUT2D eigenvalue weighted by atomic mass is 35.5. The number of anilines is 1. The van der Waals surface area contributed by atoms with Crippen LogP contribution in [0, 0.1) is 0 Å². The molecule has 1 amide bonds. The summed E-state index contributed by atoms with van der Waals surface area (Å²) in [5, 5.41) is 7.14. The third kappa shape index (κ3) is 3.83. The Morgan fingerprint density at radius 3 is 2.52 bits per heavy atom. The SMILES string of the molecule is CCc1cccc(NC(=O)c2nn(-c3ccc(Cl)cc3)c(=O)n(C)c2=O)c1. The summed E-state index contributed by atoms with van der Waals surface area (Å²) in [5.41, 5.74) is 0.171. The molecule has 3 aromatic rings. The molecule has 0 unspecified atom stereocenters. The first-order valence-electron chi connectivity index (χ1n) is 8.27. The number of nitrogens with zero attached hydrogens (tertiary/aromatic N) is 3. The fourth-order valence-corrected chi connectivity index (χ4v) is 2.65. The Morgan fingerprint density at radius 2 is 1.85 bits per heavy atom. The van der Waals surface area contributed by atoms with E-state index in [-0.39, 0.29) is 5.69 Å². The first-order chi connectivity index (χ1) is 12.9. The zero-order valence-corrected chi connectivity index (χ0v) is 15.5. The van der Waals surface area contributed by atoms with Crippen molar-refractivity contribution in [1.29, 1.82) is 0 Å². The Labute approximate surface area is 159 Å². The van der Waals surface area contributed by atoms with Gasteiger partial charge in [0.15, 0.2) is 0 Å². The van der Waals surface area contributed by atoms with E-state index in [2.05, 4.69) is 10.4 Å². The Balaban J connectivity index is 2.04. The zero-order chi connectivity index (χ0) is 19.6. The van der Waals surface area contributed by atoms with E-state index in [0.717, 1.165) is 21.2 Å². The quantitative estimate of drug-likeness (QED) is 0.748. The molecule has 138 valence electrons. The predicted molar refractivity (Wildman–Crippen MR) is 104 cm³/mol. The van der Waals surface area contributed by atoms with Gasteiger partial charge in [-0.25, -0.2) is 4.79 Å². The second kappa shape index (κ2) is 7.59. The number of carbonyl (C=O) groups excluding carboxylic acids is 1. The molecule has 1 heterocycles. The van der Waals surface area contributed by atoms with Crippen LogP contribution in [0.5, 0.6) is 0 Å². The van der Waals surface area contributed by atoms with Gasteiger partial charge in [0.05, 0.1) is 5.69 Å². The third-order valence-electron chi connectivity index (χ3n) is 4.05. The van der Waals surface area contributed by atoms with Crippen molar-refractivity contribution in [2.75, 3.05) is 5.32 Å². The fourth-order valence-electron chi connectivity index (χ4n) is 2.53. The van der Waals surface area contributed by atoms with Crippen LogP contribution in [0.15, 0.2) is 58.1 Å². The van der Waals surface area contributed by atoms with Crippen LogP contribution in [0.3, 0.4) is 0 Å². The lowest BCUT2D eigenvalue weighted by atomic mass is 10.1. The number of amides is 1. The lowest BCUT2D eigenvalue weighted by molar-refractivity contribution is 0.101. The Morgan fingerprint density at radius 1 is 1.15 bits per heavy atom. The van der Waals surface area contributed by atoms with Gasteiger partial charge < -0.3 is 5.32 Å². The normalized spacial score (nSPS) is 10.6. The van der Waals surface area contributed by atoms with Crippen LogP contribution in [-0.4, -0.2) is 20.3 Å². The van der Waals surface area contributed by atoms with Gasteiger partial charge >= 0.3 is 5.69 Å². The smallest absolute Gasteiger partial charge is 0.320 e. The number of hydrogen-bond acceptors (Lipinski definition) is 4. The second-order valence-electron chi connectivity index (χ2n) is 5.89. The molecule has 0 bridgehead atoms. The molecule has 1 N–H and O–H groups in total. The Hall–Kier alpha value is -3.19. The molecule has 27 heavy (non-hydrogen) atoms. The minimum atomic E-state index is -0.769. The number of rotatable bonds is 4. The summed E-state index contributed by atoms with van der Waals surface area (Å²) in [7, 11) is 1.30. The highest BCUT2D eigenvalue weighted by Gasteiger charge is 2.19. The largest absolute Gasteiger partial charge is 0.351 e. The summed E-state index contributed by atoms with van der Waals surface area (Å²) in [6, 6.07) is 13.6. The molecule has 0 aliphatic carbocycles. The zero-order valence-electron chi connectivity index (χ0n) is 14.8. The molecule has 0 saturated heterocycles. The Bertz CT molecular complexity index is 1120. The highest BCUT2D eigenvalue weighted by molar-refractivity contribution is 6.30. The van der Waals surface area contributed by atoms with Gasteiger partial charge in [-0.15, -0.1) is 0 Å². The van der Waals surface area contributed by atoms with Crippen molar-refractivity contribution in [1.82, 2.24) is 14.3 Å². The molecular weight excluding hydrogens is 368 g/mol. The van der Waals surface area contributed by atoms with Crippen LogP contribution in [0.1, 0.15) is 23.0 Å². The maximum Gasteiger partial charge on any atom is 0.351 e. The van der Waals surface area contributed by atoms with Crippen molar-refractivity contribution in [2.24, 2.45) is 7.05 Å². The van der Waals surface area contributed by atoms with Gasteiger partial charge in [0.1, 0.15) is 0 Å². The summed E-state index contributed by atoms with van der Waals surface area (Å²) in [4.78, 5) is 37.4. The van der Waals surface area contributed by atoms with Crippen LogP contribution in [0.4, 0.5) is 5.69 Å². The summed E-state index contributed by atoms with van der Waals surface area (Å²) in [5.74, 6) is -0.688. The van der Waals surface area contributed by atoms with Crippen LogP contribution < -0.4 is 16.6 Å². The van der Waals surface area contributed by atoms with E-state index in [9.17, 15) is 14.4 Å². The first kappa shape index (κ1) is 18.6. The first-order valence-corrected chi connectivity index (χ1v) is 8.65. The lowest BCUT2D eigenvalue weighted by Crippen LogP contribution is -2.43. The second-order valence-corrected chi connectivity index (χ2v) is 6.33. The van der Waals surface area contributed by atoms with E-state index in [1.807, 2.05) is 25.1 Å². The van der Waals surface area contributed by atoms with Crippen LogP contribution in [-0.2, 0) is 13.5 Å². The summed E-state index contributed by atoms with van der Waals surface area (Å²) in [6.45, 7) is 2.00. The van der Waals surface area contributed by atoms with Gasteiger partial charge in [-0.2, -0.15) is 9.78 Å². The van der Waals surface area contributed by atoms with Gasteiger partial charge in [0, 0.05) is 17.8 Å². The topological polar surface area (TPSA) is 86.0 Å². The number of carbonyl (C=O) groups is 1. The van der Waals surface area contributed by atoms with E-state index >= 15 is 0 Å². The van der Waals surface area contributed by atoms with Gasteiger partial charge in [0.25, 0.3) is 11.5 Å². The van der Waals surface area contributed by atoms with E-state index in [4.69, 9.17) is 11.6 Å². The molecule has 2 aromatic carbocycles. The van der Waals surface area contributed by atoms with Gasteiger partial charge in [-0.3, -0.25) is 14.2 Å². The van der Waals surface area contributed by atoms with Crippen molar-refractivity contribution >= 4 is 23.2 Å². The van der Waals surface area contributed by atoms with Crippen molar-refractivity contribution < 1.29 is 4.79 Å². The number of halogens is 1. The number of aromatic nitrogens is 3. The average Bonchev–Trinajstić information content (AvgIpc) is 2.67. The molecule has 0 aliphatic rings. The van der Waals surface area contributed by atoms with Crippen molar-refractivity contribution in [3.63, 3.8) is 0 Å². The summed E-state index contributed by atoms with van der Waals surface area (Å²) < 4.78 is 1.84. The molecule has 3 rings (SSSR count). The monoisotopic (exact) mass is 384 g/mol. The molecule has 0 radical (unpaired) electrons. The van der Waals surface area contributed by atoms with Crippen molar-refractivity contribution in [3.8, 4) is 5.69 Å². The molecule has 0 saturated carbocycles. The van der Waals surface area contributed by atoms with Gasteiger partial charge in [-0.1, -0.05) is 30.7 Å². The van der Waals surface area contributed by atoms with Crippen molar-refractivity contribution in [2.45, 2.75) is 13.3 Å². The minimum absolute atomic E-state index is 0.381. The maximum absolute atomic E-state index is 12.6. The molecule has 0 aliphatic heterocycles. The van der Waals surface area contributed by atoms with E-state index in [0.29, 0.717) is 16.4 Å². The number of aryl methyl sites for hydroxylation is 1. The van der Waals surface area contributed by atoms with Crippen LogP contribution >= 0.6 is 11.6 Å². The molecule has 8 heteroatoms. The van der Waals surface area contributed by atoms with Gasteiger partial charge in [-0.05, 0) is 48.4 Å². The Kier molecular flexibility index (Phi) is 5.23. The minimum Gasteiger partial charge on any atom is -0.320 e. The molecule has 0 fully saturated rings. The molecular formula is C19H17ClN4O3. The molecule has 0 spiro atoms. The predicted octanol–water partition coefficient (Wildman–Crippen LogP) is 2.40. The summed E-state index contributed by atoms with van der Waals surface area (Å²) in [6.07, 6.45) is 0.811. The van der Waals surface area contributed by atoms with Gasteiger partial charge in [0.2, 0.25) is 5.69 Å². The van der Waals surface area contributed by atoms with E-state index in [1.165, 1.54) is 7.05 Å². The number of hydrogen-bond donors (Lipinski definition) is 1. The fraction of sp³-hybridized carbons (Fsp3) is 0.158. The molecule has 0 atom stereocenters. The number of nitrogens with one attached hydrogen (secondary N) is 1. The van der Waals surface area contributed by atoms with Crippen LogP contribution in [0.25, 0.3) is 5.69 Å². The maximum atomic E-state index is 12.6. The van der Waals surface area contributed by atoms with Crippen LogP contribution in [0.2, 0.25) is 5.02 Å². The highest BCUT2D eigenvalue weighted by Crippen LogP contribution is 2.13. The third-order valence-corrected chi connectivity index (χ3v) is 4.31. The summed E-state index contributed by atoms with van der Waals surface area (Å²) >= 11 is 5.86. The standard InChI is InChI=1S/C19H17ClN4O3/c1-3-12-5-4-6-14(11-12)21-17(25)16-18(26)23(2)19(27)24(22-16)15-9-7-13(20)8-10-15/h4-11H,3H2,1-2H3,(H,21,25). The average molecular weight is 385 g/mol. The van der Waals surface area contributed by atoms with Crippen molar-refractivity contribution in [3.05, 3.63) is 85.6 Å². The van der Waals surface area contributed by atoms with E-state index < -0.39 is 17.2 Å².